The first-order valence-corrected chi connectivity index (χ1v) is 21.0. The third-order valence-corrected chi connectivity index (χ3v) is 13.5. The second-order valence-electron chi connectivity index (χ2n) is 11.9. The second-order valence-corrected chi connectivity index (χ2v) is 21.0. The van der Waals surface area contributed by atoms with Crippen molar-refractivity contribution in [3.05, 3.63) is 12.2 Å². The lowest BCUT2D eigenvalue weighted by Crippen LogP contribution is -2.41. The Morgan fingerprint density at radius 1 is 1.08 bits per heavy atom. The van der Waals surface area contributed by atoms with Gasteiger partial charge in [0.25, 0.3) is 0 Å². The van der Waals surface area contributed by atoms with Crippen LogP contribution in [0.15, 0.2) is 12.2 Å². The summed E-state index contributed by atoms with van der Waals surface area (Å²) in [5.41, 5.74) is -1.99. The van der Waals surface area contributed by atoms with Crippen molar-refractivity contribution >= 4 is 28.4 Å². The van der Waals surface area contributed by atoms with Gasteiger partial charge >= 0.3 is 5.97 Å². The number of methoxy groups -OCH3 is 1. The maximum absolute atomic E-state index is 13.4. The molecule has 1 saturated carbocycles. The maximum Gasteiger partial charge on any atom is 0.305 e. The third kappa shape index (κ3) is 12.2. The molecule has 0 aromatic carbocycles. The Labute approximate surface area is 244 Å². The molecule has 0 aromatic rings. The summed E-state index contributed by atoms with van der Waals surface area (Å²) in [4.78, 5) is 24.8. The lowest BCUT2D eigenvalue weighted by atomic mass is 9.87. The lowest BCUT2D eigenvalue weighted by Gasteiger charge is -2.36. The Balaban J connectivity index is 3.37. The minimum atomic E-state index is -2.68. The first-order chi connectivity index (χ1) is 19.9. The minimum absolute atomic E-state index is 0.0770. The molecule has 1 aliphatic rings. The van der Waals surface area contributed by atoms with Crippen LogP contribution in [0.3, 0.4) is 0 Å². The quantitative estimate of drug-likeness (QED) is 0.0630. The van der Waals surface area contributed by atoms with Crippen molar-refractivity contribution in [3.8, 4) is 0 Å². The molecule has 0 heterocycles. The molecule has 7 heteroatoms. The first-order valence-electron chi connectivity index (χ1n) is 17.5. The molecule has 0 aliphatic heterocycles. The van der Waals surface area contributed by atoms with Gasteiger partial charge in [0.15, 0.2) is 16.6 Å². The van der Waals surface area contributed by atoms with Crippen molar-refractivity contribution < 1.29 is 30.0 Å². The van der Waals surface area contributed by atoms with Gasteiger partial charge in [0, 0.05) is 31.5 Å². The number of rotatable bonds is 20. The molecule has 1 aliphatic carbocycles. The fourth-order valence-electron chi connectivity index (χ4n) is 5.49. The monoisotopic (exact) mass is 573 g/mol. The van der Waals surface area contributed by atoms with E-state index in [-0.39, 0.29) is 42.5 Å². The van der Waals surface area contributed by atoms with E-state index in [1.54, 1.807) is 6.08 Å². The molecule has 0 bridgehead atoms. The zero-order valence-electron chi connectivity index (χ0n) is 30.6. The number of hydrogen-bond donors (Lipinski definition) is 0. The van der Waals surface area contributed by atoms with E-state index < -0.39 is 35.5 Å². The predicted octanol–water partition coefficient (Wildman–Crippen LogP) is 8.84. The van der Waals surface area contributed by atoms with Crippen LogP contribution in [0, 0.1) is 11.8 Å². The number of unbranched alkanes of at least 4 members (excludes halogenated alkanes) is 3. The number of ketones is 1. The Hall–Kier alpha value is -0.766. The average molecular weight is 574 g/mol. The standard InChI is InChI=1S/C31H60O5Si2/c1-10-14-23-31(5,36-37(7,8)9)24-19-21-27-26(20-17-15-16-18-22-30(33)34-6)28(32)25-29(27)35-38(11-2,12-3)13-4/h19,21,26-27,29H,10-18,20,22-25H2,1-9H3/t26-,27-,29-,31?/m1/s1/i5D3,23D2. The van der Waals surface area contributed by atoms with Crippen molar-refractivity contribution in [1.29, 1.82) is 0 Å². The highest BCUT2D eigenvalue weighted by molar-refractivity contribution is 6.73. The number of carbonyl (C=O) groups excluding carboxylic acids is 2. The third-order valence-electron chi connectivity index (χ3n) is 7.82. The summed E-state index contributed by atoms with van der Waals surface area (Å²) < 4.78 is 61.2. The molecule has 0 saturated heterocycles. The maximum atomic E-state index is 13.4. The number of esters is 1. The predicted molar refractivity (Wildman–Crippen MR) is 165 cm³/mol. The number of carbonyl (C=O) groups is 2. The van der Waals surface area contributed by atoms with Crippen molar-refractivity contribution in [3.63, 3.8) is 0 Å². The molecule has 1 unspecified atom stereocenters. The Morgan fingerprint density at radius 2 is 1.74 bits per heavy atom. The van der Waals surface area contributed by atoms with Crippen LogP contribution in [-0.2, 0) is 23.2 Å². The van der Waals surface area contributed by atoms with Crippen molar-refractivity contribution in [2.24, 2.45) is 11.8 Å². The van der Waals surface area contributed by atoms with Crippen LogP contribution in [0.2, 0.25) is 37.8 Å². The molecular formula is C31H60O5Si2. The summed E-state index contributed by atoms with van der Waals surface area (Å²) in [6.45, 7) is 11.3. The van der Waals surface area contributed by atoms with E-state index in [0.29, 0.717) is 25.7 Å². The van der Waals surface area contributed by atoms with Crippen LogP contribution in [0.1, 0.15) is 112 Å². The zero-order chi connectivity index (χ0) is 33.1. The zero-order valence-corrected chi connectivity index (χ0v) is 27.6. The van der Waals surface area contributed by atoms with Crippen molar-refractivity contribution in [2.45, 2.75) is 155 Å². The smallest absolute Gasteiger partial charge is 0.305 e. The van der Waals surface area contributed by atoms with Gasteiger partial charge in [0.1, 0.15) is 5.78 Å². The fraction of sp³-hybridized carbons (Fsp3) is 0.871. The van der Waals surface area contributed by atoms with Gasteiger partial charge in [-0.05, 0) is 70.3 Å². The summed E-state index contributed by atoms with van der Waals surface area (Å²) in [7, 11) is -3.11. The van der Waals surface area contributed by atoms with Crippen LogP contribution in [0.25, 0.3) is 0 Å². The van der Waals surface area contributed by atoms with Crippen LogP contribution in [0.5, 0.6) is 0 Å². The molecular weight excluding hydrogens is 509 g/mol. The van der Waals surface area contributed by atoms with Gasteiger partial charge in [-0.1, -0.05) is 72.0 Å². The van der Waals surface area contributed by atoms with Crippen LogP contribution >= 0.6 is 0 Å². The molecule has 0 amide bonds. The van der Waals surface area contributed by atoms with E-state index in [9.17, 15) is 9.59 Å². The fourth-order valence-corrected chi connectivity index (χ4v) is 9.58. The highest BCUT2D eigenvalue weighted by Crippen LogP contribution is 2.40. The number of Topliss-reactive ketones (excluding diaryl/α,β-unsaturated/α-hetero) is 1. The van der Waals surface area contributed by atoms with Crippen LogP contribution in [0.4, 0.5) is 0 Å². The summed E-state index contributed by atoms with van der Waals surface area (Å²) in [6, 6.07) is 2.90. The molecule has 0 N–H and O–H groups in total. The van der Waals surface area contributed by atoms with Gasteiger partial charge in [0.2, 0.25) is 0 Å². The van der Waals surface area contributed by atoms with Crippen molar-refractivity contribution in [2.75, 3.05) is 7.11 Å². The van der Waals surface area contributed by atoms with E-state index in [1.165, 1.54) is 7.11 Å². The lowest BCUT2D eigenvalue weighted by molar-refractivity contribution is -0.140. The Kier molecular flexibility index (Phi) is 12.4. The topological polar surface area (TPSA) is 61.8 Å². The molecule has 0 spiro atoms. The van der Waals surface area contributed by atoms with Gasteiger partial charge in [0.05, 0.1) is 18.8 Å². The SMILES string of the molecule is [2H]C([2H])([2H])C(CC=C[C@H]1[C@H](O[Si](CC)(CC)CC)CC(=O)[C@@H]1CCCCCCC(=O)OC)(O[Si](C)(C)C)C([2H])([2H])CCC. The molecule has 38 heavy (non-hydrogen) atoms. The molecule has 1 rings (SSSR count). The summed E-state index contributed by atoms with van der Waals surface area (Å²) in [6.07, 6.45) is 6.72. The minimum Gasteiger partial charge on any atom is -0.469 e. The highest BCUT2D eigenvalue weighted by atomic mass is 28.4. The van der Waals surface area contributed by atoms with E-state index in [4.69, 9.17) is 20.4 Å². The van der Waals surface area contributed by atoms with Gasteiger partial charge in [-0.2, -0.15) is 0 Å². The Morgan fingerprint density at radius 3 is 2.29 bits per heavy atom. The highest BCUT2D eigenvalue weighted by Gasteiger charge is 2.45. The molecule has 1 fully saturated rings. The molecule has 222 valence electrons. The average Bonchev–Trinajstić information content (AvgIpc) is 3.20. The number of ether oxygens (including phenoxy) is 1. The Bertz CT molecular complexity index is 894. The first kappa shape index (κ1) is 27.4. The molecule has 4 atom stereocenters. The van der Waals surface area contributed by atoms with Crippen molar-refractivity contribution in [1.82, 2.24) is 0 Å². The second kappa shape index (κ2) is 17.1. The number of hydrogen-bond acceptors (Lipinski definition) is 5. The van der Waals surface area contributed by atoms with Gasteiger partial charge in [-0.15, -0.1) is 0 Å². The van der Waals surface area contributed by atoms with Crippen LogP contribution in [-0.4, -0.2) is 47.2 Å². The van der Waals surface area contributed by atoms with Gasteiger partial charge in [-0.3, -0.25) is 9.59 Å². The van der Waals surface area contributed by atoms with E-state index in [2.05, 4.69) is 20.8 Å². The normalized spacial score (nSPS) is 24.9. The summed E-state index contributed by atoms with van der Waals surface area (Å²) in [5.74, 6) is -0.452. The van der Waals surface area contributed by atoms with E-state index in [1.807, 2.05) is 32.6 Å². The molecule has 0 radical (unpaired) electrons. The summed E-state index contributed by atoms with van der Waals surface area (Å²) in [5, 5.41) is 0. The molecule has 0 aromatic heterocycles. The van der Waals surface area contributed by atoms with Gasteiger partial charge in [-0.25, -0.2) is 0 Å². The largest absolute Gasteiger partial charge is 0.469 e. The van der Waals surface area contributed by atoms with Gasteiger partial charge < -0.3 is 13.6 Å². The van der Waals surface area contributed by atoms with E-state index >= 15 is 0 Å². The molecule has 5 nitrogen and oxygen atoms in total. The van der Waals surface area contributed by atoms with Crippen LogP contribution < -0.4 is 0 Å². The summed E-state index contributed by atoms with van der Waals surface area (Å²) >= 11 is 0. The van der Waals surface area contributed by atoms with E-state index in [0.717, 1.165) is 43.8 Å².